The van der Waals surface area contributed by atoms with Gasteiger partial charge in [0.15, 0.2) is 5.79 Å². The van der Waals surface area contributed by atoms with Crippen molar-refractivity contribution in [1.29, 1.82) is 0 Å². The van der Waals surface area contributed by atoms with Gasteiger partial charge in [-0.1, -0.05) is 12.1 Å². The van der Waals surface area contributed by atoms with E-state index < -0.39 is 11.4 Å². The highest BCUT2D eigenvalue weighted by Gasteiger charge is 2.59. The van der Waals surface area contributed by atoms with Gasteiger partial charge in [-0.15, -0.1) is 12.3 Å². The van der Waals surface area contributed by atoms with Crippen molar-refractivity contribution in [3.8, 4) is 18.1 Å². The van der Waals surface area contributed by atoms with Crippen molar-refractivity contribution in [2.45, 2.75) is 69.7 Å². The van der Waals surface area contributed by atoms with E-state index in [1.54, 1.807) is 7.11 Å². The first-order chi connectivity index (χ1) is 11.5. The van der Waals surface area contributed by atoms with E-state index in [-0.39, 0.29) is 12.2 Å². The van der Waals surface area contributed by atoms with E-state index in [2.05, 4.69) is 5.92 Å². The Morgan fingerprint density at radius 3 is 2.67 bits per heavy atom. The maximum Gasteiger partial charge on any atom is 0.164 e. The Balaban J connectivity index is 1.74. The summed E-state index contributed by atoms with van der Waals surface area (Å²) in [5.41, 5.74) is 0.565. The lowest BCUT2D eigenvalue weighted by Crippen LogP contribution is -2.54. The zero-order chi connectivity index (χ0) is 17.2. The van der Waals surface area contributed by atoms with Gasteiger partial charge in [0.1, 0.15) is 11.4 Å². The molecular weight excluding hydrogens is 304 g/mol. The highest BCUT2D eigenvalue weighted by molar-refractivity contribution is 5.26. The second-order valence-corrected chi connectivity index (χ2v) is 7.02. The summed E-state index contributed by atoms with van der Waals surface area (Å²) in [5.74, 6) is 3.00. The van der Waals surface area contributed by atoms with E-state index in [4.69, 9.17) is 25.4 Å². The van der Waals surface area contributed by atoms with E-state index in [1.165, 1.54) is 0 Å². The van der Waals surface area contributed by atoms with Crippen LogP contribution in [0.2, 0.25) is 0 Å². The first-order valence-corrected chi connectivity index (χ1v) is 8.55. The second-order valence-electron chi connectivity index (χ2n) is 7.02. The van der Waals surface area contributed by atoms with Crippen molar-refractivity contribution in [2.24, 2.45) is 0 Å². The first-order valence-electron chi connectivity index (χ1n) is 8.55. The molecule has 1 saturated carbocycles. The van der Waals surface area contributed by atoms with Gasteiger partial charge in [-0.05, 0) is 50.8 Å². The Morgan fingerprint density at radius 1 is 1.25 bits per heavy atom. The highest BCUT2D eigenvalue weighted by atomic mass is 16.8. The Bertz CT molecular complexity index is 601. The number of ether oxygens (including phenoxy) is 4. The van der Waals surface area contributed by atoms with Gasteiger partial charge in [0.2, 0.25) is 0 Å². The van der Waals surface area contributed by atoms with Gasteiger partial charge in [-0.25, -0.2) is 0 Å². The summed E-state index contributed by atoms with van der Waals surface area (Å²) in [6, 6.07) is 7.92. The largest absolute Gasteiger partial charge is 0.497 e. The zero-order valence-electron chi connectivity index (χ0n) is 14.7. The van der Waals surface area contributed by atoms with E-state index in [0.717, 1.165) is 30.6 Å². The molecular formula is C20H26O4. The molecule has 0 bridgehead atoms. The fourth-order valence-electron chi connectivity index (χ4n) is 3.87. The van der Waals surface area contributed by atoms with Crippen LogP contribution in [0.5, 0.6) is 5.75 Å². The zero-order valence-corrected chi connectivity index (χ0v) is 14.7. The topological polar surface area (TPSA) is 36.9 Å². The lowest BCUT2D eigenvalue weighted by molar-refractivity contribution is -0.195. The Hall–Kier alpha value is -1.54. The summed E-state index contributed by atoms with van der Waals surface area (Å²) in [7, 11) is 1.66. The number of benzene rings is 1. The molecule has 3 atom stereocenters. The lowest BCUT2D eigenvalue weighted by atomic mass is 9.77. The minimum absolute atomic E-state index is 0.00170. The lowest BCUT2D eigenvalue weighted by Gasteiger charge is -2.42. The number of fused-ring (bicyclic) bond motifs is 1. The molecule has 1 aromatic carbocycles. The Morgan fingerprint density at radius 2 is 2.00 bits per heavy atom. The van der Waals surface area contributed by atoms with E-state index in [9.17, 15) is 0 Å². The quantitative estimate of drug-likeness (QED) is 0.772. The third-order valence-electron chi connectivity index (χ3n) is 4.87. The molecule has 1 heterocycles. The Kier molecular flexibility index (Phi) is 4.87. The molecule has 130 valence electrons. The standard InChI is InChI=1S/C20H26O4/c1-5-13-20-17(7-6-8-18(20)23-19(2,3)24-20)22-14-15-9-11-16(21-4)12-10-15/h1,9-12,17-18H,6-8,13-14H2,2-4H3/t17-,18+,20-/m0/s1. The van der Waals surface area contributed by atoms with Crippen molar-refractivity contribution in [3.05, 3.63) is 29.8 Å². The van der Waals surface area contributed by atoms with Gasteiger partial charge < -0.3 is 18.9 Å². The molecule has 1 aliphatic carbocycles. The van der Waals surface area contributed by atoms with Gasteiger partial charge in [0.25, 0.3) is 0 Å². The minimum atomic E-state index is -0.617. The van der Waals surface area contributed by atoms with Crippen LogP contribution < -0.4 is 4.74 Å². The van der Waals surface area contributed by atoms with Crippen LogP contribution in [0, 0.1) is 12.3 Å². The third-order valence-corrected chi connectivity index (χ3v) is 4.87. The van der Waals surface area contributed by atoms with Crippen LogP contribution in [0.1, 0.15) is 45.1 Å². The summed E-state index contributed by atoms with van der Waals surface area (Å²) in [6.45, 7) is 4.42. The first kappa shape index (κ1) is 17.3. The predicted molar refractivity (Wildman–Crippen MR) is 91.6 cm³/mol. The van der Waals surface area contributed by atoms with Gasteiger partial charge in [-0.3, -0.25) is 0 Å². The third kappa shape index (κ3) is 3.30. The minimum Gasteiger partial charge on any atom is -0.497 e. The van der Waals surface area contributed by atoms with Crippen LogP contribution in [-0.4, -0.2) is 30.7 Å². The molecule has 2 fully saturated rings. The Labute approximate surface area is 144 Å². The van der Waals surface area contributed by atoms with Crippen LogP contribution in [0.25, 0.3) is 0 Å². The number of hydrogen-bond acceptors (Lipinski definition) is 4. The highest BCUT2D eigenvalue weighted by Crippen LogP contribution is 2.48. The maximum absolute atomic E-state index is 6.31. The molecule has 4 heteroatoms. The number of methoxy groups -OCH3 is 1. The average Bonchev–Trinajstić information content (AvgIpc) is 2.84. The van der Waals surface area contributed by atoms with E-state index >= 15 is 0 Å². The van der Waals surface area contributed by atoms with Crippen LogP contribution in [0.4, 0.5) is 0 Å². The molecule has 4 nitrogen and oxygen atoms in total. The SMILES string of the molecule is C#CC[C@@]12OC(C)(C)O[C@@H]1CCC[C@@H]2OCc1ccc(OC)cc1. The molecule has 3 rings (SSSR count). The molecule has 0 spiro atoms. The molecule has 1 saturated heterocycles. The van der Waals surface area contributed by atoms with Gasteiger partial charge in [0, 0.05) is 6.42 Å². The molecule has 24 heavy (non-hydrogen) atoms. The van der Waals surface area contributed by atoms with Crippen LogP contribution in [0.3, 0.4) is 0 Å². The monoisotopic (exact) mass is 330 g/mol. The summed E-state index contributed by atoms with van der Waals surface area (Å²) in [4.78, 5) is 0. The number of rotatable bonds is 5. The van der Waals surface area contributed by atoms with Crippen molar-refractivity contribution in [1.82, 2.24) is 0 Å². The normalized spacial score (nSPS) is 31.2. The van der Waals surface area contributed by atoms with Crippen LogP contribution >= 0.6 is 0 Å². The smallest absolute Gasteiger partial charge is 0.164 e. The molecule has 0 amide bonds. The second kappa shape index (κ2) is 6.76. The fourth-order valence-corrected chi connectivity index (χ4v) is 3.87. The van der Waals surface area contributed by atoms with Crippen molar-refractivity contribution in [3.63, 3.8) is 0 Å². The van der Waals surface area contributed by atoms with Crippen molar-refractivity contribution in [2.75, 3.05) is 7.11 Å². The van der Waals surface area contributed by atoms with Crippen LogP contribution in [0.15, 0.2) is 24.3 Å². The molecule has 0 N–H and O–H groups in total. The van der Waals surface area contributed by atoms with Gasteiger partial charge >= 0.3 is 0 Å². The summed E-state index contributed by atoms with van der Waals surface area (Å²) >= 11 is 0. The fraction of sp³-hybridized carbons (Fsp3) is 0.600. The van der Waals surface area contributed by atoms with E-state index in [0.29, 0.717) is 13.0 Å². The number of hydrogen-bond donors (Lipinski definition) is 0. The summed E-state index contributed by atoms with van der Waals surface area (Å²) in [5, 5.41) is 0. The molecule has 1 aromatic rings. The average molecular weight is 330 g/mol. The predicted octanol–water partition coefficient (Wildman–Crippen LogP) is 3.68. The molecule has 0 radical (unpaired) electrons. The van der Waals surface area contributed by atoms with Crippen molar-refractivity contribution < 1.29 is 18.9 Å². The van der Waals surface area contributed by atoms with Gasteiger partial charge in [-0.2, -0.15) is 0 Å². The molecule has 0 aromatic heterocycles. The number of terminal acetylenes is 1. The van der Waals surface area contributed by atoms with Crippen molar-refractivity contribution >= 4 is 0 Å². The molecule has 0 unspecified atom stereocenters. The van der Waals surface area contributed by atoms with Crippen LogP contribution in [-0.2, 0) is 20.8 Å². The summed E-state index contributed by atoms with van der Waals surface area (Å²) < 4.78 is 23.9. The molecule has 2 aliphatic rings. The van der Waals surface area contributed by atoms with E-state index in [1.807, 2.05) is 38.1 Å². The van der Waals surface area contributed by atoms with Gasteiger partial charge in [0.05, 0.1) is 25.9 Å². The molecule has 1 aliphatic heterocycles. The maximum atomic E-state index is 6.31. The summed E-state index contributed by atoms with van der Waals surface area (Å²) in [6.07, 6.45) is 9.06.